The minimum Gasteiger partial charge on any atom is -0.460 e. The van der Waals surface area contributed by atoms with Crippen LogP contribution in [0, 0.1) is 0 Å². The molecule has 2 unspecified atom stereocenters. The molecule has 0 saturated carbocycles. The van der Waals surface area contributed by atoms with Crippen molar-refractivity contribution in [1.82, 2.24) is 15.3 Å². The Morgan fingerprint density at radius 1 is 1.23 bits per heavy atom. The summed E-state index contributed by atoms with van der Waals surface area (Å²) in [5.74, 6) is 1.81. The van der Waals surface area contributed by atoms with Gasteiger partial charge in [-0.15, -0.1) is 0 Å². The molecule has 0 amide bonds. The summed E-state index contributed by atoms with van der Waals surface area (Å²) in [5, 5.41) is 3.09. The summed E-state index contributed by atoms with van der Waals surface area (Å²) in [5.41, 5.74) is 1.63. The van der Waals surface area contributed by atoms with Gasteiger partial charge in [0, 0.05) is 18.2 Å². The normalized spacial score (nSPS) is 18.4. The van der Waals surface area contributed by atoms with Crippen molar-refractivity contribution in [3.8, 4) is 17.2 Å². The van der Waals surface area contributed by atoms with Crippen LogP contribution in [0.15, 0.2) is 41.1 Å². The highest BCUT2D eigenvalue weighted by molar-refractivity contribution is 7.91. The molecule has 0 spiro atoms. The van der Waals surface area contributed by atoms with Crippen LogP contribution in [0.4, 0.5) is 0 Å². The lowest BCUT2D eigenvalue weighted by Crippen LogP contribution is -2.32. The summed E-state index contributed by atoms with van der Waals surface area (Å²) < 4.78 is 40.7. The Kier molecular flexibility index (Phi) is 6.03. The van der Waals surface area contributed by atoms with Crippen LogP contribution in [0.25, 0.3) is 22.2 Å². The van der Waals surface area contributed by atoms with Crippen LogP contribution in [0.1, 0.15) is 31.9 Å². The van der Waals surface area contributed by atoms with Crippen molar-refractivity contribution in [2.24, 2.45) is 0 Å². The van der Waals surface area contributed by atoms with Crippen LogP contribution in [0.2, 0.25) is 0 Å². The minimum absolute atomic E-state index is 0.293. The highest BCUT2D eigenvalue weighted by atomic mass is 32.2. The first-order valence-corrected chi connectivity index (χ1v) is 11.9. The van der Waals surface area contributed by atoms with E-state index in [1.54, 1.807) is 6.92 Å². The number of rotatable bonds is 7. The van der Waals surface area contributed by atoms with Crippen LogP contribution in [0.3, 0.4) is 0 Å². The fraction of sp³-hybridized carbons (Fsp3) is 0.429. The first-order chi connectivity index (χ1) is 14.4. The summed E-state index contributed by atoms with van der Waals surface area (Å²) in [7, 11) is -3.15. The molecule has 1 aliphatic rings. The van der Waals surface area contributed by atoms with E-state index < -0.39 is 15.2 Å². The van der Waals surface area contributed by atoms with E-state index >= 15 is 0 Å². The Morgan fingerprint density at radius 3 is 2.87 bits per heavy atom. The first-order valence-electron chi connectivity index (χ1n) is 9.94. The fourth-order valence-electron chi connectivity index (χ4n) is 3.23. The van der Waals surface area contributed by atoms with E-state index in [0.717, 1.165) is 35.7 Å². The highest BCUT2D eigenvalue weighted by Gasteiger charge is 2.18. The maximum Gasteiger partial charge on any atom is 0.226 e. The van der Waals surface area contributed by atoms with Gasteiger partial charge in [0.1, 0.15) is 23.2 Å². The largest absolute Gasteiger partial charge is 0.460 e. The molecule has 1 aliphatic heterocycles. The zero-order valence-electron chi connectivity index (χ0n) is 17.0. The van der Waals surface area contributed by atoms with Gasteiger partial charge < -0.3 is 13.9 Å². The van der Waals surface area contributed by atoms with Crippen LogP contribution < -0.4 is 10.1 Å². The molecule has 2 atom stereocenters. The molecule has 1 saturated heterocycles. The van der Waals surface area contributed by atoms with Crippen LogP contribution in [-0.2, 0) is 21.1 Å². The molecular formula is C21H25N3O5S. The van der Waals surface area contributed by atoms with E-state index in [2.05, 4.69) is 15.3 Å². The summed E-state index contributed by atoms with van der Waals surface area (Å²) in [4.78, 5) is 8.62. The molecule has 0 aliphatic carbocycles. The number of sulfone groups is 1. The quantitative estimate of drug-likeness (QED) is 0.608. The minimum atomic E-state index is -3.15. The average molecular weight is 432 g/mol. The second-order valence-corrected chi connectivity index (χ2v) is 9.81. The standard InChI is InChI=1S/C21H25N3O5S/c1-14(30(2,25)26)22-12-16-7-9-19(28-16)15-6-8-18-17(11-15)21(24-13-23-18)29-20-5-3-4-10-27-20/h6-9,11,13-14,20,22H,3-5,10,12H2,1-2H3. The molecule has 3 heterocycles. The molecule has 1 N–H and O–H groups in total. The molecule has 160 valence electrons. The van der Waals surface area contributed by atoms with Gasteiger partial charge in [-0.05, 0) is 50.1 Å². The molecule has 8 nitrogen and oxygen atoms in total. The second-order valence-electron chi connectivity index (χ2n) is 7.44. The van der Waals surface area contributed by atoms with Gasteiger partial charge in [-0.3, -0.25) is 5.32 Å². The SMILES string of the molecule is CC(NCc1ccc(-c2ccc3ncnc(OC4CCCCO4)c3c2)o1)S(C)(=O)=O. The van der Waals surface area contributed by atoms with Crippen molar-refractivity contribution in [3.05, 3.63) is 42.4 Å². The van der Waals surface area contributed by atoms with Gasteiger partial charge in [0.2, 0.25) is 12.2 Å². The maximum atomic E-state index is 11.6. The summed E-state index contributed by atoms with van der Waals surface area (Å²) in [6.45, 7) is 2.62. The molecular weight excluding hydrogens is 406 g/mol. The number of hydrogen-bond acceptors (Lipinski definition) is 8. The molecule has 1 fully saturated rings. The molecule has 0 radical (unpaired) electrons. The van der Waals surface area contributed by atoms with E-state index in [9.17, 15) is 8.42 Å². The molecule has 4 rings (SSSR count). The number of ether oxygens (including phenoxy) is 2. The molecule has 2 aromatic heterocycles. The van der Waals surface area contributed by atoms with E-state index in [1.165, 1.54) is 12.6 Å². The number of benzene rings is 1. The van der Waals surface area contributed by atoms with Crippen molar-refractivity contribution in [3.63, 3.8) is 0 Å². The summed E-state index contributed by atoms with van der Waals surface area (Å²) >= 11 is 0. The smallest absolute Gasteiger partial charge is 0.226 e. The molecule has 3 aromatic rings. The number of hydrogen-bond donors (Lipinski definition) is 1. The van der Waals surface area contributed by atoms with Gasteiger partial charge in [0.15, 0.2) is 9.84 Å². The van der Waals surface area contributed by atoms with Crippen molar-refractivity contribution in [1.29, 1.82) is 0 Å². The van der Waals surface area contributed by atoms with E-state index in [-0.39, 0.29) is 6.29 Å². The van der Waals surface area contributed by atoms with Gasteiger partial charge in [0.25, 0.3) is 0 Å². The lowest BCUT2D eigenvalue weighted by Gasteiger charge is -2.23. The maximum absolute atomic E-state index is 11.6. The van der Waals surface area contributed by atoms with E-state index in [0.29, 0.717) is 30.6 Å². The van der Waals surface area contributed by atoms with Crippen LogP contribution >= 0.6 is 0 Å². The fourth-order valence-corrected chi connectivity index (χ4v) is 3.62. The summed E-state index contributed by atoms with van der Waals surface area (Å²) in [6.07, 6.45) is 5.35. The van der Waals surface area contributed by atoms with Crippen molar-refractivity contribution in [2.45, 2.75) is 44.4 Å². The zero-order chi connectivity index (χ0) is 21.1. The number of aromatic nitrogens is 2. The van der Waals surface area contributed by atoms with Gasteiger partial charge in [0.05, 0.1) is 24.1 Å². The van der Waals surface area contributed by atoms with Gasteiger partial charge in [-0.25, -0.2) is 18.4 Å². The number of fused-ring (bicyclic) bond motifs is 1. The topological polar surface area (TPSA) is 104 Å². The van der Waals surface area contributed by atoms with E-state index in [1.807, 2.05) is 30.3 Å². The van der Waals surface area contributed by atoms with Crippen molar-refractivity contribution in [2.75, 3.05) is 12.9 Å². The third-order valence-corrected chi connectivity index (χ3v) is 6.58. The summed E-state index contributed by atoms with van der Waals surface area (Å²) in [6, 6.07) is 9.44. The first kappa shape index (κ1) is 20.8. The molecule has 1 aromatic carbocycles. The number of furan rings is 1. The van der Waals surface area contributed by atoms with Gasteiger partial charge >= 0.3 is 0 Å². The molecule has 30 heavy (non-hydrogen) atoms. The van der Waals surface area contributed by atoms with E-state index in [4.69, 9.17) is 13.9 Å². The number of nitrogens with one attached hydrogen (secondary N) is 1. The molecule has 0 bridgehead atoms. The Labute approximate surface area is 175 Å². The van der Waals surface area contributed by atoms with Crippen LogP contribution in [0.5, 0.6) is 5.88 Å². The second kappa shape index (κ2) is 8.71. The average Bonchev–Trinajstić information content (AvgIpc) is 3.21. The van der Waals surface area contributed by atoms with Gasteiger partial charge in [-0.1, -0.05) is 0 Å². The Balaban J connectivity index is 1.54. The predicted octanol–water partition coefficient (Wildman–Crippen LogP) is 3.28. The van der Waals surface area contributed by atoms with Crippen LogP contribution in [-0.4, -0.2) is 42.9 Å². The predicted molar refractivity (Wildman–Crippen MR) is 113 cm³/mol. The third-order valence-electron chi connectivity index (χ3n) is 5.13. The monoisotopic (exact) mass is 431 g/mol. The van der Waals surface area contributed by atoms with Gasteiger partial charge in [-0.2, -0.15) is 0 Å². The third kappa shape index (κ3) is 4.80. The van der Waals surface area contributed by atoms with Crippen molar-refractivity contribution < 1.29 is 22.3 Å². The Bertz CT molecular complexity index is 1120. The highest BCUT2D eigenvalue weighted by Crippen LogP contribution is 2.30. The Hall–Kier alpha value is -2.49. The number of nitrogens with zero attached hydrogens (tertiary/aromatic N) is 2. The molecule has 9 heteroatoms. The lowest BCUT2D eigenvalue weighted by molar-refractivity contribution is -0.107. The zero-order valence-corrected chi connectivity index (χ0v) is 17.8. The van der Waals surface area contributed by atoms with Crippen molar-refractivity contribution >= 4 is 20.7 Å². The lowest BCUT2D eigenvalue weighted by atomic mass is 10.1. The Morgan fingerprint density at radius 2 is 2.10 bits per heavy atom.